The van der Waals surface area contributed by atoms with Crippen molar-refractivity contribution in [2.45, 2.75) is 25.9 Å². The molecule has 4 heterocycles. The van der Waals surface area contributed by atoms with Crippen molar-refractivity contribution in [3.05, 3.63) is 47.9 Å². The van der Waals surface area contributed by atoms with E-state index < -0.39 is 0 Å². The van der Waals surface area contributed by atoms with Gasteiger partial charge in [0.05, 0.1) is 13.2 Å². The van der Waals surface area contributed by atoms with Gasteiger partial charge in [0.25, 0.3) is 5.91 Å². The number of hydrogen-bond donors (Lipinski definition) is 1. The molecule has 25 heavy (non-hydrogen) atoms. The summed E-state index contributed by atoms with van der Waals surface area (Å²) in [6, 6.07) is 5.68. The van der Waals surface area contributed by atoms with Crippen molar-refractivity contribution in [3.8, 4) is 0 Å². The van der Waals surface area contributed by atoms with Crippen LogP contribution in [0.1, 0.15) is 48.0 Å². The molecule has 1 saturated heterocycles. The summed E-state index contributed by atoms with van der Waals surface area (Å²) in [4.78, 5) is 23.5. The van der Waals surface area contributed by atoms with Crippen molar-refractivity contribution in [3.63, 3.8) is 0 Å². The van der Waals surface area contributed by atoms with Crippen molar-refractivity contribution in [2.24, 2.45) is 0 Å². The molecule has 0 aliphatic carbocycles. The second kappa shape index (κ2) is 6.29. The predicted molar refractivity (Wildman–Crippen MR) is 90.3 cm³/mol. The molecule has 0 spiro atoms. The first-order chi connectivity index (χ1) is 12.1. The van der Waals surface area contributed by atoms with Crippen LogP contribution in [0.4, 0.5) is 0 Å². The summed E-state index contributed by atoms with van der Waals surface area (Å²) >= 11 is 0. The van der Waals surface area contributed by atoms with Crippen molar-refractivity contribution in [2.75, 3.05) is 19.7 Å². The summed E-state index contributed by atoms with van der Waals surface area (Å²) in [6.07, 6.45) is 3.34. The molecule has 3 aromatic rings. The number of morpholine rings is 1. The standard InChI is InChI=1S/C17H20N6O2/c1-11(2)15-19-16(21-20-15)13-10-23(7-8-25-13)17(24)12-9-22-6-4-3-5-14(22)18-12/h3-6,9,11,13H,7-8,10H2,1-2H3,(H,19,20,21). The minimum atomic E-state index is -0.297. The number of rotatable bonds is 3. The molecule has 0 bridgehead atoms. The Bertz CT molecular complexity index is 866. The van der Waals surface area contributed by atoms with Crippen molar-refractivity contribution in [1.29, 1.82) is 0 Å². The highest BCUT2D eigenvalue weighted by atomic mass is 16.5. The quantitative estimate of drug-likeness (QED) is 0.785. The highest BCUT2D eigenvalue weighted by molar-refractivity contribution is 5.93. The molecule has 3 aromatic heterocycles. The molecule has 0 aromatic carbocycles. The molecule has 8 nitrogen and oxygen atoms in total. The van der Waals surface area contributed by atoms with E-state index in [-0.39, 0.29) is 17.9 Å². The van der Waals surface area contributed by atoms with Gasteiger partial charge in [0.15, 0.2) is 11.6 Å². The molecule has 1 fully saturated rings. The smallest absolute Gasteiger partial charge is 0.274 e. The Morgan fingerprint density at radius 2 is 2.24 bits per heavy atom. The number of H-pyrrole nitrogens is 1. The maximum Gasteiger partial charge on any atom is 0.274 e. The Hall–Kier alpha value is -2.74. The lowest BCUT2D eigenvalue weighted by molar-refractivity contribution is -0.0268. The zero-order valence-electron chi connectivity index (χ0n) is 14.2. The first-order valence-electron chi connectivity index (χ1n) is 8.38. The van der Waals surface area contributed by atoms with E-state index in [0.717, 1.165) is 11.5 Å². The van der Waals surface area contributed by atoms with Crippen LogP contribution in [0.3, 0.4) is 0 Å². The minimum Gasteiger partial charge on any atom is -0.367 e. The van der Waals surface area contributed by atoms with E-state index in [9.17, 15) is 4.79 Å². The van der Waals surface area contributed by atoms with Crippen LogP contribution in [-0.4, -0.2) is 55.1 Å². The number of amides is 1. The fourth-order valence-corrected chi connectivity index (χ4v) is 2.89. The average molecular weight is 340 g/mol. The molecule has 1 unspecified atom stereocenters. The number of pyridine rings is 1. The van der Waals surface area contributed by atoms with Crippen LogP contribution in [0.15, 0.2) is 30.6 Å². The van der Waals surface area contributed by atoms with E-state index in [1.807, 2.05) is 42.6 Å². The third-order valence-corrected chi connectivity index (χ3v) is 4.28. The number of nitrogens with zero attached hydrogens (tertiary/aromatic N) is 5. The monoisotopic (exact) mass is 340 g/mol. The van der Waals surface area contributed by atoms with E-state index in [1.165, 1.54) is 0 Å². The molecule has 130 valence electrons. The van der Waals surface area contributed by atoms with Crippen molar-refractivity contribution < 1.29 is 9.53 Å². The first kappa shape index (κ1) is 15.8. The molecule has 1 aliphatic heterocycles. The van der Waals surface area contributed by atoms with Gasteiger partial charge in [0.1, 0.15) is 17.4 Å². The molecular weight excluding hydrogens is 320 g/mol. The average Bonchev–Trinajstić information content (AvgIpc) is 3.28. The number of ether oxygens (including phenoxy) is 1. The molecule has 1 atom stereocenters. The number of carbonyl (C=O) groups is 1. The van der Waals surface area contributed by atoms with Gasteiger partial charge >= 0.3 is 0 Å². The molecule has 1 N–H and O–H groups in total. The first-order valence-corrected chi connectivity index (χ1v) is 8.38. The van der Waals surface area contributed by atoms with Crippen LogP contribution in [-0.2, 0) is 4.74 Å². The lowest BCUT2D eigenvalue weighted by Crippen LogP contribution is -2.42. The van der Waals surface area contributed by atoms with Gasteiger partial charge in [-0.15, -0.1) is 0 Å². The maximum atomic E-state index is 12.8. The van der Waals surface area contributed by atoms with E-state index >= 15 is 0 Å². The van der Waals surface area contributed by atoms with Crippen molar-refractivity contribution in [1.82, 2.24) is 29.5 Å². The number of aromatic amines is 1. The van der Waals surface area contributed by atoms with Crippen LogP contribution < -0.4 is 0 Å². The van der Waals surface area contributed by atoms with E-state index in [0.29, 0.717) is 31.2 Å². The molecular formula is C17H20N6O2. The van der Waals surface area contributed by atoms with Gasteiger partial charge in [0.2, 0.25) is 0 Å². The highest BCUT2D eigenvalue weighted by Crippen LogP contribution is 2.22. The molecule has 4 rings (SSSR count). The number of carbonyl (C=O) groups excluding carboxylic acids is 1. The number of nitrogens with one attached hydrogen (secondary N) is 1. The third-order valence-electron chi connectivity index (χ3n) is 4.28. The fraction of sp³-hybridized carbons (Fsp3) is 0.412. The second-order valence-electron chi connectivity index (χ2n) is 6.44. The Kier molecular flexibility index (Phi) is 3.96. The van der Waals surface area contributed by atoms with E-state index in [4.69, 9.17) is 4.74 Å². The summed E-state index contributed by atoms with van der Waals surface area (Å²) < 4.78 is 7.62. The molecule has 8 heteroatoms. The molecule has 0 saturated carbocycles. The Balaban J connectivity index is 1.52. The van der Waals surface area contributed by atoms with E-state index in [1.54, 1.807) is 11.1 Å². The van der Waals surface area contributed by atoms with Gasteiger partial charge in [0, 0.05) is 24.9 Å². The fourth-order valence-electron chi connectivity index (χ4n) is 2.89. The van der Waals surface area contributed by atoms with Crippen LogP contribution in [0.5, 0.6) is 0 Å². The zero-order valence-corrected chi connectivity index (χ0v) is 14.2. The second-order valence-corrected chi connectivity index (χ2v) is 6.44. The summed E-state index contributed by atoms with van der Waals surface area (Å²) in [7, 11) is 0. The van der Waals surface area contributed by atoms with Gasteiger partial charge in [-0.1, -0.05) is 19.9 Å². The largest absolute Gasteiger partial charge is 0.367 e. The lowest BCUT2D eigenvalue weighted by atomic mass is 10.2. The Morgan fingerprint density at radius 3 is 3.00 bits per heavy atom. The van der Waals surface area contributed by atoms with Crippen molar-refractivity contribution >= 4 is 11.6 Å². The molecule has 1 amide bonds. The number of aromatic nitrogens is 5. The maximum absolute atomic E-state index is 12.8. The summed E-state index contributed by atoms with van der Waals surface area (Å²) in [5, 5.41) is 7.15. The lowest BCUT2D eigenvalue weighted by Gasteiger charge is -2.31. The van der Waals surface area contributed by atoms with Crippen LogP contribution in [0.25, 0.3) is 5.65 Å². The van der Waals surface area contributed by atoms with Gasteiger partial charge < -0.3 is 14.0 Å². The van der Waals surface area contributed by atoms with Crippen LogP contribution >= 0.6 is 0 Å². The third kappa shape index (κ3) is 3.00. The van der Waals surface area contributed by atoms with Crippen LogP contribution in [0.2, 0.25) is 0 Å². The van der Waals surface area contributed by atoms with Gasteiger partial charge in [-0.05, 0) is 12.1 Å². The van der Waals surface area contributed by atoms with Crippen LogP contribution in [0, 0.1) is 0 Å². The predicted octanol–water partition coefficient (Wildman–Crippen LogP) is 1.79. The Labute approximate surface area is 144 Å². The van der Waals surface area contributed by atoms with Gasteiger partial charge in [-0.2, -0.15) is 5.10 Å². The molecule has 1 aliphatic rings. The summed E-state index contributed by atoms with van der Waals surface area (Å²) in [5.74, 6) is 1.56. The van der Waals surface area contributed by atoms with Gasteiger partial charge in [-0.3, -0.25) is 9.89 Å². The Morgan fingerprint density at radius 1 is 1.36 bits per heavy atom. The topological polar surface area (TPSA) is 88.4 Å². The molecule has 0 radical (unpaired) electrons. The normalized spacial score (nSPS) is 18.2. The van der Waals surface area contributed by atoms with E-state index in [2.05, 4.69) is 20.2 Å². The van der Waals surface area contributed by atoms with Gasteiger partial charge in [-0.25, -0.2) is 9.97 Å². The number of fused-ring (bicyclic) bond motifs is 1. The number of hydrogen-bond acceptors (Lipinski definition) is 5. The summed E-state index contributed by atoms with van der Waals surface area (Å²) in [6.45, 7) is 5.50. The SMILES string of the molecule is CC(C)c1n[nH]c(C2CN(C(=O)c3cn4ccccc4n3)CCO2)n1. The zero-order chi connectivity index (χ0) is 17.4. The number of imidazole rings is 1. The highest BCUT2D eigenvalue weighted by Gasteiger charge is 2.29. The minimum absolute atomic E-state index is 0.0967. The summed E-state index contributed by atoms with van der Waals surface area (Å²) in [5.41, 5.74) is 1.19.